The first kappa shape index (κ1) is 16.6. The topological polar surface area (TPSA) is 61.4 Å². The molecule has 0 N–H and O–H groups in total. The van der Waals surface area contributed by atoms with Crippen LogP contribution in [-0.2, 0) is 13.0 Å². The average molecular weight is 371 g/mol. The van der Waals surface area contributed by atoms with Crippen molar-refractivity contribution in [3.63, 3.8) is 0 Å². The lowest BCUT2D eigenvalue weighted by molar-refractivity contribution is 0.0704. The number of furan rings is 1. The fourth-order valence-corrected chi connectivity index (χ4v) is 3.91. The molecule has 2 aromatic heterocycles. The molecular formula is C23H17NO4. The van der Waals surface area contributed by atoms with Crippen LogP contribution in [0.4, 0.5) is 0 Å². The Balaban J connectivity index is 1.83. The summed E-state index contributed by atoms with van der Waals surface area (Å²) in [6.45, 7) is 0.651. The van der Waals surface area contributed by atoms with Crippen molar-refractivity contribution in [3.05, 3.63) is 88.6 Å². The van der Waals surface area contributed by atoms with Gasteiger partial charge < -0.3 is 13.7 Å². The summed E-state index contributed by atoms with van der Waals surface area (Å²) in [6.07, 6.45) is 3.22. The second-order valence-electron chi connectivity index (χ2n) is 6.81. The third kappa shape index (κ3) is 2.55. The van der Waals surface area contributed by atoms with Crippen LogP contribution in [0.1, 0.15) is 22.5 Å². The molecule has 0 unspecified atom stereocenters. The van der Waals surface area contributed by atoms with E-state index in [1.54, 1.807) is 16.7 Å². The average Bonchev–Trinajstić information content (AvgIpc) is 3.27. The molecule has 0 fully saturated rings. The van der Waals surface area contributed by atoms with Crippen LogP contribution in [0.25, 0.3) is 22.0 Å². The van der Waals surface area contributed by atoms with Crippen molar-refractivity contribution in [2.75, 3.05) is 0 Å². The van der Waals surface area contributed by atoms with Crippen molar-refractivity contribution in [3.8, 4) is 16.9 Å². The molecule has 0 spiro atoms. The number of para-hydroxylation sites is 1. The van der Waals surface area contributed by atoms with Gasteiger partial charge in [0.25, 0.3) is 5.56 Å². The molecule has 1 aliphatic heterocycles. The molecule has 2 aromatic carbocycles. The highest BCUT2D eigenvalue weighted by Crippen LogP contribution is 2.37. The Morgan fingerprint density at radius 2 is 1.86 bits per heavy atom. The maximum absolute atomic E-state index is 13.4. The lowest BCUT2D eigenvalue weighted by Crippen LogP contribution is -2.27. The van der Waals surface area contributed by atoms with E-state index in [2.05, 4.69) is 0 Å². The van der Waals surface area contributed by atoms with E-state index in [0.717, 1.165) is 34.9 Å². The number of carbonyl (C=O) groups excluding carboxylic acids is 1. The van der Waals surface area contributed by atoms with E-state index in [-0.39, 0.29) is 17.1 Å². The largest absolute Gasteiger partial charge is 0.457 e. The fraction of sp³-hybridized carbons (Fsp3) is 0.130. The zero-order valence-corrected chi connectivity index (χ0v) is 15.1. The van der Waals surface area contributed by atoms with E-state index in [9.17, 15) is 9.59 Å². The Morgan fingerprint density at radius 1 is 1.00 bits per heavy atom. The fourth-order valence-electron chi connectivity index (χ4n) is 3.91. The maximum atomic E-state index is 13.4. The summed E-state index contributed by atoms with van der Waals surface area (Å²) in [5.41, 5.74) is 2.91. The van der Waals surface area contributed by atoms with Crippen molar-refractivity contribution in [1.29, 1.82) is 0 Å². The van der Waals surface area contributed by atoms with E-state index in [0.29, 0.717) is 12.1 Å². The van der Waals surface area contributed by atoms with Crippen molar-refractivity contribution >= 4 is 16.9 Å². The van der Waals surface area contributed by atoms with Crippen molar-refractivity contribution in [2.45, 2.75) is 19.4 Å². The standard InChI is InChI=1S/C23H17NO4/c25-22-19(15-7-2-1-3-8-15)21(28-23(26)18-12-6-14-27-18)17-11-4-9-16-10-5-13-24(22)20(16)17/h1-4,6-9,11-12,14H,5,10,13H2. The molecule has 0 atom stereocenters. The molecule has 0 saturated heterocycles. The Kier molecular flexibility index (Phi) is 3.86. The molecule has 0 saturated carbocycles. The van der Waals surface area contributed by atoms with Crippen LogP contribution in [0, 0.1) is 0 Å². The summed E-state index contributed by atoms with van der Waals surface area (Å²) in [7, 11) is 0. The van der Waals surface area contributed by atoms with Crippen molar-refractivity contribution < 1.29 is 13.9 Å². The van der Waals surface area contributed by atoms with E-state index < -0.39 is 5.97 Å². The summed E-state index contributed by atoms with van der Waals surface area (Å²) < 4.78 is 12.8. The molecule has 1 aliphatic rings. The number of rotatable bonds is 3. The van der Waals surface area contributed by atoms with E-state index in [1.807, 2.05) is 48.5 Å². The van der Waals surface area contributed by atoms with Gasteiger partial charge in [-0.2, -0.15) is 0 Å². The molecule has 0 bridgehead atoms. The molecule has 4 aromatic rings. The Hall–Kier alpha value is -3.60. The van der Waals surface area contributed by atoms with Gasteiger partial charge in [-0.3, -0.25) is 4.79 Å². The molecule has 5 nitrogen and oxygen atoms in total. The molecule has 5 heteroatoms. The first-order valence-electron chi connectivity index (χ1n) is 9.23. The Labute approximate surface area is 160 Å². The maximum Gasteiger partial charge on any atom is 0.379 e. The predicted octanol–water partition coefficient (Wildman–Crippen LogP) is 4.43. The van der Waals surface area contributed by atoms with E-state index in [1.165, 1.54) is 6.26 Å². The number of aryl methyl sites for hydroxylation is 2. The van der Waals surface area contributed by atoms with Crippen molar-refractivity contribution in [1.82, 2.24) is 4.57 Å². The molecule has 0 amide bonds. The second kappa shape index (κ2) is 6.53. The summed E-state index contributed by atoms with van der Waals surface area (Å²) in [5, 5.41) is 0.760. The van der Waals surface area contributed by atoms with Crippen LogP contribution in [0.15, 0.2) is 76.1 Å². The minimum Gasteiger partial charge on any atom is -0.457 e. The second-order valence-corrected chi connectivity index (χ2v) is 6.81. The van der Waals surface area contributed by atoms with Gasteiger partial charge in [-0.05, 0) is 42.2 Å². The molecule has 28 heavy (non-hydrogen) atoms. The first-order valence-corrected chi connectivity index (χ1v) is 9.23. The van der Waals surface area contributed by atoms with Gasteiger partial charge in [0.15, 0.2) is 5.75 Å². The van der Waals surface area contributed by atoms with Gasteiger partial charge in [0.1, 0.15) is 0 Å². The van der Waals surface area contributed by atoms with Gasteiger partial charge >= 0.3 is 5.97 Å². The highest BCUT2D eigenvalue weighted by atomic mass is 16.5. The zero-order chi connectivity index (χ0) is 19.1. The van der Waals surface area contributed by atoms with Crippen LogP contribution in [-0.4, -0.2) is 10.5 Å². The molecular weight excluding hydrogens is 354 g/mol. The van der Waals surface area contributed by atoms with Crippen LogP contribution in [0.3, 0.4) is 0 Å². The van der Waals surface area contributed by atoms with Crippen LogP contribution < -0.4 is 10.3 Å². The number of nitrogens with zero attached hydrogens (tertiary/aromatic N) is 1. The summed E-state index contributed by atoms with van der Waals surface area (Å²) in [4.78, 5) is 26.1. The SMILES string of the molecule is O=C(Oc1c(-c2ccccc2)c(=O)n2c3c(cccc13)CCC2)c1ccco1. The smallest absolute Gasteiger partial charge is 0.379 e. The van der Waals surface area contributed by atoms with Crippen molar-refractivity contribution in [2.24, 2.45) is 0 Å². The normalized spacial score (nSPS) is 12.9. The monoisotopic (exact) mass is 371 g/mol. The number of esters is 1. The number of benzene rings is 2. The lowest BCUT2D eigenvalue weighted by atomic mass is 9.97. The van der Waals surface area contributed by atoms with Gasteiger partial charge in [0, 0.05) is 11.9 Å². The van der Waals surface area contributed by atoms with Crippen LogP contribution in [0.2, 0.25) is 0 Å². The molecule has 0 aliphatic carbocycles. The Bertz CT molecular complexity index is 1240. The van der Waals surface area contributed by atoms with Gasteiger partial charge in [-0.15, -0.1) is 0 Å². The van der Waals surface area contributed by atoms with Gasteiger partial charge in [0.05, 0.1) is 17.3 Å². The summed E-state index contributed by atoms with van der Waals surface area (Å²) in [5.74, 6) is -0.240. The third-order valence-corrected chi connectivity index (χ3v) is 5.13. The van der Waals surface area contributed by atoms with E-state index in [4.69, 9.17) is 9.15 Å². The number of ether oxygens (including phenoxy) is 1. The minimum atomic E-state index is -0.622. The zero-order valence-electron chi connectivity index (χ0n) is 15.1. The quantitative estimate of drug-likeness (QED) is 0.500. The number of hydrogen-bond acceptors (Lipinski definition) is 4. The summed E-state index contributed by atoms with van der Waals surface area (Å²) >= 11 is 0. The lowest BCUT2D eigenvalue weighted by Gasteiger charge is -2.23. The number of carbonyl (C=O) groups is 1. The van der Waals surface area contributed by atoms with Gasteiger partial charge in [0.2, 0.25) is 5.76 Å². The number of hydrogen-bond donors (Lipinski definition) is 0. The molecule has 3 heterocycles. The van der Waals surface area contributed by atoms with Crippen LogP contribution in [0.5, 0.6) is 5.75 Å². The highest BCUT2D eigenvalue weighted by Gasteiger charge is 2.25. The summed E-state index contributed by atoms with van der Waals surface area (Å²) in [6, 6.07) is 18.4. The minimum absolute atomic E-state index is 0.0968. The Morgan fingerprint density at radius 3 is 2.64 bits per heavy atom. The number of pyridine rings is 1. The molecule has 138 valence electrons. The number of aromatic nitrogens is 1. The van der Waals surface area contributed by atoms with Crippen LogP contribution >= 0.6 is 0 Å². The van der Waals surface area contributed by atoms with Gasteiger partial charge in [-0.25, -0.2) is 4.79 Å². The molecule has 0 radical (unpaired) electrons. The predicted molar refractivity (Wildman–Crippen MR) is 106 cm³/mol. The first-order chi connectivity index (χ1) is 13.7. The van der Waals surface area contributed by atoms with E-state index >= 15 is 0 Å². The van der Waals surface area contributed by atoms with Gasteiger partial charge in [-0.1, -0.05) is 42.5 Å². The highest BCUT2D eigenvalue weighted by molar-refractivity contribution is 5.98. The third-order valence-electron chi connectivity index (χ3n) is 5.13. The molecule has 5 rings (SSSR count).